The molecule has 3 N–H and O–H groups in total. The highest BCUT2D eigenvalue weighted by Gasteiger charge is 2.21. The fourth-order valence-electron chi connectivity index (χ4n) is 1.55. The van der Waals surface area contributed by atoms with Gasteiger partial charge >= 0.3 is 0 Å². The number of pyridine rings is 1. The summed E-state index contributed by atoms with van der Waals surface area (Å²) in [6.07, 6.45) is 1.54. The molecule has 0 radical (unpaired) electrons. The van der Waals surface area contributed by atoms with E-state index in [2.05, 4.69) is 9.71 Å². The number of halogens is 1. The number of nitrogen functional groups attached to an aromatic ring is 1. The minimum absolute atomic E-state index is 0.0308. The lowest BCUT2D eigenvalue weighted by Gasteiger charge is -2.09. The molecule has 1 heterocycles. The first-order valence-electron chi connectivity index (χ1n) is 5.44. The van der Waals surface area contributed by atoms with Gasteiger partial charge in [-0.25, -0.2) is 17.5 Å². The minimum atomic E-state index is -4.01. The second-order valence-corrected chi connectivity index (χ2v) is 5.51. The van der Waals surface area contributed by atoms with Gasteiger partial charge < -0.3 is 5.73 Å². The number of aromatic nitrogens is 1. The highest BCUT2D eigenvalue weighted by Crippen LogP contribution is 2.21. The predicted octanol–water partition coefficient (Wildman–Crippen LogP) is 1.28. The molecule has 0 saturated heterocycles. The first kappa shape index (κ1) is 13.4. The van der Waals surface area contributed by atoms with E-state index in [1.807, 2.05) is 0 Å². The van der Waals surface area contributed by atoms with E-state index in [1.54, 1.807) is 24.4 Å². The molecular formula is C12H12FN3O2S. The molecule has 1 aromatic heterocycles. The molecule has 0 bridgehead atoms. The maximum absolute atomic E-state index is 13.6. The van der Waals surface area contributed by atoms with Crippen LogP contribution >= 0.6 is 0 Å². The lowest BCUT2D eigenvalue weighted by atomic mass is 10.3. The molecule has 5 nitrogen and oxygen atoms in total. The van der Waals surface area contributed by atoms with Gasteiger partial charge in [0.2, 0.25) is 10.0 Å². The SMILES string of the molecule is Nc1cccc(F)c1S(=O)(=O)NCc1ccccn1. The fourth-order valence-corrected chi connectivity index (χ4v) is 2.74. The molecule has 2 aromatic rings. The third kappa shape index (κ3) is 3.07. The van der Waals surface area contributed by atoms with Gasteiger partial charge in [-0.15, -0.1) is 0 Å². The summed E-state index contributed by atoms with van der Waals surface area (Å²) in [5.41, 5.74) is 5.90. The van der Waals surface area contributed by atoms with Gasteiger partial charge in [-0.1, -0.05) is 12.1 Å². The fraction of sp³-hybridized carbons (Fsp3) is 0.0833. The Balaban J connectivity index is 2.24. The first-order chi connectivity index (χ1) is 9.00. The van der Waals surface area contributed by atoms with Crippen LogP contribution in [0.1, 0.15) is 5.69 Å². The Bertz CT molecular complexity index is 654. The molecule has 0 atom stereocenters. The van der Waals surface area contributed by atoms with Crippen LogP contribution in [0.4, 0.5) is 10.1 Å². The number of benzene rings is 1. The number of nitrogens with zero attached hydrogens (tertiary/aromatic N) is 1. The van der Waals surface area contributed by atoms with Crippen LogP contribution < -0.4 is 10.5 Å². The van der Waals surface area contributed by atoms with Crippen molar-refractivity contribution in [3.05, 3.63) is 54.1 Å². The molecule has 0 aliphatic carbocycles. The van der Waals surface area contributed by atoms with Crippen LogP contribution in [0.3, 0.4) is 0 Å². The Morgan fingerprint density at radius 1 is 1.21 bits per heavy atom. The van der Waals surface area contributed by atoms with E-state index in [-0.39, 0.29) is 12.2 Å². The van der Waals surface area contributed by atoms with Crippen molar-refractivity contribution in [1.29, 1.82) is 0 Å². The summed E-state index contributed by atoms with van der Waals surface area (Å²) in [6, 6.07) is 8.83. The van der Waals surface area contributed by atoms with Gasteiger partial charge in [-0.3, -0.25) is 4.98 Å². The number of nitrogens with two attached hydrogens (primary N) is 1. The van der Waals surface area contributed by atoms with Gasteiger partial charge in [-0.2, -0.15) is 0 Å². The van der Waals surface area contributed by atoms with Crippen molar-refractivity contribution >= 4 is 15.7 Å². The molecule has 0 unspecified atom stereocenters. The number of sulfonamides is 1. The lowest BCUT2D eigenvalue weighted by Crippen LogP contribution is -2.25. The van der Waals surface area contributed by atoms with Crippen molar-refractivity contribution in [2.75, 3.05) is 5.73 Å². The molecule has 2 rings (SSSR count). The number of hydrogen-bond acceptors (Lipinski definition) is 4. The molecule has 19 heavy (non-hydrogen) atoms. The molecule has 0 spiro atoms. The van der Waals surface area contributed by atoms with E-state index in [4.69, 9.17) is 5.73 Å². The van der Waals surface area contributed by atoms with Gasteiger partial charge in [0.15, 0.2) is 0 Å². The molecule has 0 aliphatic rings. The van der Waals surface area contributed by atoms with Crippen LogP contribution in [-0.4, -0.2) is 13.4 Å². The number of hydrogen-bond donors (Lipinski definition) is 2. The van der Waals surface area contributed by atoms with E-state index in [1.165, 1.54) is 12.1 Å². The summed E-state index contributed by atoms with van der Waals surface area (Å²) in [7, 11) is -4.01. The summed E-state index contributed by atoms with van der Waals surface area (Å²) in [6.45, 7) is -0.0308. The van der Waals surface area contributed by atoms with E-state index in [9.17, 15) is 12.8 Å². The summed E-state index contributed by atoms with van der Waals surface area (Å²) in [4.78, 5) is 3.43. The van der Waals surface area contributed by atoms with Crippen molar-refractivity contribution in [3.8, 4) is 0 Å². The van der Waals surface area contributed by atoms with Crippen LogP contribution in [0, 0.1) is 5.82 Å². The molecule has 0 fully saturated rings. The first-order valence-corrected chi connectivity index (χ1v) is 6.92. The Kier molecular flexibility index (Phi) is 3.77. The number of nitrogens with one attached hydrogen (secondary N) is 1. The predicted molar refractivity (Wildman–Crippen MR) is 69.1 cm³/mol. The van der Waals surface area contributed by atoms with E-state index in [0.717, 1.165) is 6.07 Å². The summed E-state index contributed by atoms with van der Waals surface area (Å²) >= 11 is 0. The summed E-state index contributed by atoms with van der Waals surface area (Å²) in [5, 5.41) is 0. The standard InChI is InChI=1S/C12H12FN3O2S/c13-10-5-3-6-11(14)12(10)19(17,18)16-8-9-4-1-2-7-15-9/h1-7,16H,8,14H2. The van der Waals surface area contributed by atoms with Crippen LogP contribution in [0.25, 0.3) is 0 Å². The van der Waals surface area contributed by atoms with Gasteiger partial charge in [0, 0.05) is 6.20 Å². The molecule has 0 amide bonds. The Hall–Kier alpha value is -1.99. The van der Waals surface area contributed by atoms with Crippen molar-refractivity contribution in [2.24, 2.45) is 0 Å². The maximum atomic E-state index is 13.6. The maximum Gasteiger partial charge on any atom is 0.245 e. The highest BCUT2D eigenvalue weighted by molar-refractivity contribution is 7.89. The molecular weight excluding hydrogens is 269 g/mol. The number of rotatable bonds is 4. The zero-order valence-electron chi connectivity index (χ0n) is 9.88. The van der Waals surface area contributed by atoms with Crippen molar-refractivity contribution in [3.63, 3.8) is 0 Å². The Labute approximate surface area is 110 Å². The minimum Gasteiger partial charge on any atom is -0.398 e. The van der Waals surface area contributed by atoms with Gasteiger partial charge in [0.25, 0.3) is 0 Å². The molecule has 0 aliphatic heterocycles. The third-order valence-electron chi connectivity index (χ3n) is 2.44. The average molecular weight is 281 g/mol. The third-order valence-corrected chi connectivity index (χ3v) is 3.93. The lowest BCUT2D eigenvalue weighted by molar-refractivity contribution is 0.557. The van der Waals surface area contributed by atoms with Crippen LogP contribution in [-0.2, 0) is 16.6 Å². The quantitative estimate of drug-likeness (QED) is 0.827. The zero-order valence-corrected chi connectivity index (χ0v) is 10.7. The van der Waals surface area contributed by atoms with Gasteiger partial charge in [0.1, 0.15) is 10.7 Å². The average Bonchev–Trinajstić information content (AvgIpc) is 2.37. The normalized spacial score (nSPS) is 11.4. The highest BCUT2D eigenvalue weighted by atomic mass is 32.2. The second-order valence-electron chi connectivity index (χ2n) is 3.80. The summed E-state index contributed by atoms with van der Waals surface area (Å²) in [5.74, 6) is -0.881. The molecule has 0 saturated carbocycles. The van der Waals surface area contributed by atoms with E-state index in [0.29, 0.717) is 5.69 Å². The second kappa shape index (κ2) is 5.33. The Morgan fingerprint density at radius 3 is 2.63 bits per heavy atom. The van der Waals surface area contributed by atoms with Crippen LogP contribution in [0.15, 0.2) is 47.5 Å². The van der Waals surface area contributed by atoms with Crippen LogP contribution in [0.5, 0.6) is 0 Å². The van der Waals surface area contributed by atoms with Gasteiger partial charge in [0.05, 0.1) is 17.9 Å². The smallest absolute Gasteiger partial charge is 0.245 e. The zero-order chi connectivity index (χ0) is 13.9. The monoisotopic (exact) mass is 281 g/mol. The van der Waals surface area contributed by atoms with Crippen LogP contribution in [0.2, 0.25) is 0 Å². The van der Waals surface area contributed by atoms with Crippen molar-refractivity contribution in [1.82, 2.24) is 9.71 Å². The van der Waals surface area contributed by atoms with Gasteiger partial charge in [-0.05, 0) is 24.3 Å². The van der Waals surface area contributed by atoms with E-state index < -0.39 is 20.7 Å². The topological polar surface area (TPSA) is 85.1 Å². The Morgan fingerprint density at radius 2 is 2.00 bits per heavy atom. The number of anilines is 1. The molecule has 1 aromatic carbocycles. The molecule has 100 valence electrons. The summed E-state index contributed by atoms with van der Waals surface area (Å²) < 4.78 is 39.8. The molecule has 7 heteroatoms. The van der Waals surface area contributed by atoms with Crippen molar-refractivity contribution in [2.45, 2.75) is 11.4 Å². The largest absolute Gasteiger partial charge is 0.398 e. The van der Waals surface area contributed by atoms with Crippen molar-refractivity contribution < 1.29 is 12.8 Å². The van der Waals surface area contributed by atoms with E-state index >= 15 is 0 Å².